The van der Waals surface area contributed by atoms with Gasteiger partial charge in [0.2, 0.25) is 0 Å². The lowest BCUT2D eigenvalue weighted by Gasteiger charge is -2.38. The maximum absolute atomic E-state index is 13.4. The number of benzene rings is 3. The molecule has 0 bridgehead atoms. The maximum Gasteiger partial charge on any atom is 0.262 e. The van der Waals surface area contributed by atoms with E-state index >= 15 is 0 Å². The zero-order chi connectivity index (χ0) is 26.2. The Kier molecular flexibility index (Phi) is 6.64. The summed E-state index contributed by atoms with van der Waals surface area (Å²) in [6, 6.07) is 15.9. The molecule has 3 atom stereocenters. The molecular formula is C28H30N2O6S. The van der Waals surface area contributed by atoms with Gasteiger partial charge >= 0.3 is 0 Å². The van der Waals surface area contributed by atoms with Crippen molar-refractivity contribution in [2.24, 2.45) is 5.92 Å². The van der Waals surface area contributed by atoms with Gasteiger partial charge in [0.15, 0.2) is 0 Å². The van der Waals surface area contributed by atoms with Crippen LogP contribution in [0.1, 0.15) is 29.5 Å². The minimum Gasteiger partial charge on any atom is -0.497 e. The summed E-state index contributed by atoms with van der Waals surface area (Å²) in [6.07, 6.45) is 5.19. The molecule has 0 unspecified atom stereocenters. The Balaban J connectivity index is 1.49. The van der Waals surface area contributed by atoms with Gasteiger partial charge in [-0.05, 0) is 66.4 Å². The fourth-order valence-corrected chi connectivity index (χ4v) is 6.32. The van der Waals surface area contributed by atoms with Crippen LogP contribution in [0.2, 0.25) is 0 Å². The fraction of sp³-hybridized carbons (Fsp3) is 0.286. The van der Waals surface area contributed by atoms with Crippen LogP contribution in [-0.2, 0) is 10.0 Å². The van der Waals surface area contributed by atoms with Gasteiger partial charge in [-0.3, -0.25) is 4.72 Å². The van der Waals surface area contributed by atoms with E-state index in [0.29, 0.717) is 17.2 Å². The van der Waals surface area contributed by atoms with E-state index < -0.39 is 10.0 Å². The van der Waals surface area contributed by atoms with E-state index in [1.54, 1.807) is 51.7 Å². The van der Waals surface area contributed by atoms with E-state index in [1.165, 1.54) is 7.11 Å². The monoisotopic (exact) mass is 522 g/mol. The topological polar surface area (TPSA) is 95.1 Å². The first-order valence-electron chi connectivity index (χ1n) is 11.9. The minimum absolute atomic E-state index is 0.0262. The van der Waals surface area contributed by atoms with Crippen LogP contribution < -0.4 is 29.0 Å². The average molecular weight is 523 g/mol. The van der Waals surface area contributed by atoms with E-state index in [4.69, 9.17) is 18.9 Å². The number of allylic oxidation sites excluding steroid dienone is 2. The molecule has 37 heavy (non-hydrogen) atoms. The Morgan fingerprint density at radius 1 is 0.811 bits per heavy atom. The highest BCUT2D eigenvalue weighted by molar-refractivity contribution is 7.92. The van der Waals surface area contributed by atoms with Crippen molar-refractivity contribution in [1.82, 2.24) is 0 Å². The second-order valence-corrected chi connectivity index (χ2v) is 10.7. The molecule has 3 aromatic carbocycles. The molecule has 0 radical (unpaired) electrons. The van der Waals surface area contributed by atoms with Crippen molar-refractivity contribution in [3.63, 3.8) is 0 Å². The number of anilines is 2. The lowest BCUT2D eigenvalue weighted by atomic mass is 9.77. The molecule has 0 fully saturated rings. The van der Waals surface area contributed by atoms with E-state index in [-0.39, 0.29) is 22.8 Å². The highest BCUT2D eigenvalue weighted by Gasteiger charge is 2.39. The van der Waals surface area contributed by atoms with Gasteiger partial charge in [0.05, 0.1) is 45.1 Å². The molecule has 0 saturated carbocycles. The van der Waals surface area contributed by atoms with Crippen molar-refractivity contribution < 1.29 is 27.4 Å². The average Bonchev–Trinajstić information content (AvgIpc) is 3.42. The number of nitrogens with one attached hydrogen (secondary N) is 2. The smallest absolute Gasteiger partial charge is 0.262 e. The van der Waals surface area contributed by atoms with Crippen molar-refractivity contribution in [2.75, 3.05) is 38.5 Å². The van der Waals surface area contributed by atoms with Crippen molar-refractivity contribution in [1.29, 1.82) is 0 Å². The van der Waals surface area contributed by atoms with Gasteiger partial charge in [0, 0.05) is 23.2 Å². The van der Waals surface area contributed by atoms with Gasteiger partial charge in [-0.2, -0.15) is 0 Å². The van der Waals surface area contributed by atoms with Crippen molar-refractivity contribution in [2.45, 2.75) is 23.3 Å². The Morgan fingerprint density at radius 3 is 2.27 bits per heavy atom. The van der Waals surface area contributed by atoms with Gasteiger partial charge in [-0.15, -0.1) is 0 Å². The fourth-order valence-electron chi connectivity index (χ4n) is 5.22. The van der Waals surface area contributed by atoms with Gasteiger partial charge in [0.25, 0.3) is 10.0 Å². The first-order valence-corrected chi connectivity index (χ1v) is 13.4. The van der Waals surface area contributed by atoms with Gasteiger partial charge in [-0.1, -0.05) is 12.2 Å². The molecule has 0 aromatic heterocycles. The molecule has 2 N–H and O–H groups in total. The molecule has 5 rings (SSSR count). The zero-order valence-electron chi connectivity index (χ0n) is 21.1. The number of ether oxygens (including phenoxy) is 4. The van der Waals surface area contributed by atoms with Crippen LogP contribution in [0.4, 0.5) is 11.4 Å². The number of methoxy groups -OCH3 is 4. The third kappa shape index (κ3) is 4.55. The predicted molar refractivity (Wildman–Crippen MR) is 143 cm³/mol. The number of fused-ring (bicyclic) bond motifs is 3. The molecule has 0 saturated heterocycles. The normalized spacial score (nSPS) is 19.8. The third-order valence-electron chi connectivity index (χ3n) is 7.07. The predicted octanol–water partition coefficient (Wildman–Crippen LogP) is 5.35. The summed E-state index contributed by atoms with van der Waals surface area (Å²) in [5, 5.41) is 3.65. The molecule has 8 nitrogen and oxygen atoms in total. The first kappa shape index (κ1) is 24.8. The Morgan fingerprint density at radius 2 is 1.54 bits per heavy atom. The molecule has 3 aromatic rings. The standard InChI is InChI=1S/C28H30N2O6S/c1-33-17-9-13-26(35-3)23(14-17)28-21-7-5-6-20(21)22-16-19(10-12-24(22)29-28)37(31,32)30-25-11-8-18(34-2)15-27(25)36-4/h5-6,8-16,20-21,28-30H,7H2,1-4H3/t20-,21+,28-/m0/s1. The number of rotatable bonds is 8. The van der Waals surface area contributed by atoms with E-state index in [2.05, 4.69) is 22.2 Å². The summed E-state index contributed by atoms with van der Waals surface area (Å²) in [6.45, 7) is 0. The summed E-state index contributed by atoms with van der Waals surface area (Å²) >= 11 is 0. The highest BCUT2D eigenvalue weighted by Crippen LogP contribution is 2.52. The second-order valence-electron chi connectivity index (χ2n) is 9.00. The molecule has 9 heteroatoms. The zero-order valence-corrected chi connectivity index (χ0v) is 22.0. The third-order valence-corrected chi connectivity index (χ3v) is 8.43. The SMILES string of the molecule is COc1ccc(NS(=O)(=O)c2ccc3c(c2)[C@H]2C=CC[C@H]2[C@@H](c2cc(OC)ccc2OC)N3)c(OC)c1. The van der Waals surface area contributed by atoms with Crippen LogP contribution in [0.15, 0.2) is 71.6 Å². The van der Waals surface area contributed by atoms with Crippen LogP contribution in [-0.4, -0.2) is 36.9 Å². The Bertz CT molecular complexity index is 1450. The molecule has 1 heterocycles. The van der Waals surface area contributed by atoms with Crippen LogP contribution in [0.5, 0.6) is 23.0 Å². The lowest BCUT2D eigenvalue weighted by Crippen LogP contribution is -2.29. The number of hydrogen-bond donors (Lipinski definition) is 2. The number of hydrogen-bond acceptors (Lipinski definition) is 7. The van der Waals surface area contributed by atoms with Gasteiger partial charge < -0.3 is 24.3 Å². The van der Waals surface area contributed by atoms with Crippen LogP contribution >= 0.6 is 0 Å². The summed E-state index contributed by atoms with van der Waals surface area (Å²) in [4.78, 5) is 0.183. The quantitative estimate of drug-likeness (QED) is 0.385. The Labute approximate surface area is 217 Å². The lowest BCUT2D eigenvalue weighted by molar-refractivity contribution is 0.374. The number of sulfonamides is 1. The summed E-state index contributed by atoms with van der Waals surface area (Å²) < 4.78 is 51.1. The highest BCUT2D eigenvalue weighted by atomic mass is 32.2. The molecule has 0 spiro atoms. The molecule has 2 aliphatic rings. The van der Waals surface area contributed by atoms with E-state index in [9.17, 15) is 8.42 Å². The van der Waals surface area contributed by atoms with Crippen molar-refractivity contribution >= 4 is 21.4 Å². The molecule has 0 amide bonds. The van der Waals surface area contributed by atoms with Gasteiger partial charge in [0.1, 0.15) is 23.0 Å². The summed E-state index contributed by atoms with van der Waals surface area (Å²) in [5.74, 6) is 2.73. The summed E-state index contributed by atoms with van der Waals surface area (Å²) in [7, 11) is 2.46. The molecule has 1 aliphatic carbocycles. The largest absolute Gasteiger partial charge is 0.497 e. The maximum atomic E-state index is 13.4. The van der Waals surface area contributed by atoms with Crippen LogP contribution in [0.3, 0.4) is 0 Å². The molecule has 194 valence electrons. The minimum atomic E-state index is -3.87. The van der Waals surface area contributed by atoms with Crippen LogP contribution in [0.25, 0.3) is 0 Å². The first-order chi connectivity index (χ1) is 17.9. The van der Waals surface area contributed by atoms with Crippen LogP contribution in [0, 0.1) is 5.92 Å². The van der Waals surface area contributed by atoms with Crippen molar-refractivity contribution in [3.05, 3.63) is 77.9 Å². The molecular weight excluding hydrogens is 492 g/mol. The van der Waals surface area contributed by atoms with E-state index in [0.717, 1.165) is 34.7 Å². The van der Waals surface area contributed by atoms with E-state index in [1.807, 2.05) is 24.3 Å². The Hall–Kier alpha value is -3.85. The van der Waals surface area contributed by atoms with Gasteiger partial charge in [-0.25, -0.2) is 8.42 Å². The molecule has 1 aliphatic heterocycles. The summed E-state index contributed by atoms with van der Waals surface area (Å²) in [5.41, 5.74) is 3.18. The second kappa shape index (κ2) is 9.89. The van der Waals surface area contributed by atoms with Crippen molar-refractivity contribution in [3.8, 4) is 23.0 Å².